The molecule has 1 aliphatic carbocycles. The van der Waals surface area contributed by atoms with Crippen molar-refractivity contribution in [3.63, 3.8) is 0 Å². The average molecular weight is 381 g/mol. The number of halogens is 1. The van der Waals surface area contributed by atoms with E-state index in [9.17, 15) is 9.59 Å². The summed E-state index contributed by atoms with van der Waals surface area (Å²) in [4.78, 5) is 24.0. The number of hydrogen-bond donors (Lipinski definition) is 2. The molecule has 0 spiro atoms. The molecule has 1 saturated carbocycles. The summed E-state index contributed by atoms with van der Waals surface area (Å²) >= 11 is 3.34. The molecule has 2 N–H and O–H groups in total. The second-order valence-corrected chi connectivity index (χ2v) is 7.37. The second kappa shape index (κ2) is 8.48. The number of carbonyl (C=O) groups excluding carboxylic acids is 2. The van der Waals surface area contributed by atoms with Gasteiger partial charge >= 0.3 is 0 Å². The van der Waals surface area contributed by atoms with Gasteiger partial charge in [-0.1, -0.05) is 42.6 Å². The van der Waals surface area contributed by atoms with Gasteiger partial charge in [0.1, 0.15) is 0 Å². The van der Waals surface area contributed by atoms with E-state index < -0.39 is 0 Å². The molecule has 0 unspecified atom stereocenters. The first kappa shape index (κ1) is 18.0. The van der Waals surface area contributed by atoms with Crippen LogP contribution in [0.4, 0.5) is 0 Å². The molecule has 0 radical (unpaired) electrons. The lowest BCUT2D eigenvalue weighted by atomic mass is 9.78. The fourth-order valence-corrected chi connectivity index (χ4v) is 3.32. The van der Waals surface area contributed by atoms with Gasteiger partial charge < -0.3 is 10.6 Å². The maximum atomic E-state index is 12.1. The van der Waals surface area contributed by atoms with Gasteiger partial charge in [0.05, 0.1) is 0 Å². The van der Waals surface area contributed by atoms with Crippen LogP contribution in [0.15, 0.2) is 28.7 Å². The molecule has 2 rings (SSSR count). The lowest BCUT2D eigenvalue weighted by Gasteiger charge is -2.34. The van der Waals surface area contributed by atoms with Crippen molar-refractivity contribution in [2.24, 2.45) is 11.8 Å². The summed E-state index contributed by atoms with van der Waals surface area (Å²) in [5.41, 5.74) is 0.600. The number of rotatable bonds is 5. The molecule has 0 aromatic heterocycles. The van der Waals surface area contributed by atoms with Gasteiger partial charge in [-0.3, -0.25) is 9.59 Å². The molecular formula is C18H25BrN2O2. The molecule has 3 atom stereocenters. The number of benzene rings is 1. The van der Waals surface area contributed by atoms with Crippen LogP contribution >= 0.6 is 15.9 Å². The Bertz CT molecular complexity index is 544. The lowest BCUT2D eigenvalue weighted by molar-refractivity contribution is -0.122. The second-order valence-electron chi connectivity index (χ2n) is 6.45. The molecule has 0 heterocycles. The van der Waals surface area contributed by atoms with Crippen molar-refractivity contribution in [1.29, 1.82) is 0 Å². The van der Waals surface area contributed by atoms with Gasteiger partial charge in [0.2, 0.25) is 5.91 Å². The fourth-order valence-electron chi connectivity index (χ4n) is 3.06. The Morgan fingerprint density at radius 1 is 1.17 bits per heavy atom. The highest BCUT2D eigenvalue weighted by Gasteiger charge is 2.27. The molecular weight excluding hydrogens is 356 g/mol. The minimum absolute atomic E-state index is 0.0204. The van der Waals surface area contributed by atoms with Crippen molar-refractivity contribution in [3.05, 3.63) is 34.3 Å². The first-order chi connectivity index (χ1) is 11.0. The zero-order chi connectivity index (χ0) is 16.8. The van der Waals surface area contributed by atoms with E-state index >= 15 is 0 Å². The molecule has 0 bridgehead atoms. The predicted octanol–water partition coefficient (Wildman–Crippen LogP) is 3.51. The van der Waals surface area contributed by atoms with Crippen molar-refractivity contribution >= 4 is 27.7 Å². The Balaban J connectivity index is 1.72. The average Bonchev–Trinajstić information content (AvgIpc) is 2.52. The Morgan fingerprint density at radius 2 is 1.87 bits per heavy atom. The molecule has 1 aromatic carbocycles. The first-order valence-corrected chi connectivity index (χ1v) is 9.10. The monoisotopic (exact) mass is 380 g/mol. The molecule has 2 amide bonds. The molecule has 23 heavy (non-hydrogen) atoms. The van der Waals surface area contributed by atoms with E-state index in [-0.39, 0.29) is 17.9 Å². The predicted molar refractivity (Wildman–Crippen MR) is 95.2 cm³/mol. The number of nitrogens with one attached hydrogen (secondary N) is 2. The van der Waals surface area contributed by atoms with Crippen LogP contribution in [0.2, 0.25) is 0 Å². The third kappa shape index (κ3) is 5.34. The van der Waals surface area contributed by atoms with Crippen LogP contribution in [0.1, 0.15) is 49.9 Å². The molecule has 1 aliphatic rings. The van der Waals surface area contributed by atoms with E-state index in [4.69, 9.17) is 0 Å². The van der Waals surface area contributed by atoms with Crippen LogP contribution in [0.5, 0.6) is 0 Å². The van der Waals surface area contributed by atoms with E-state index in [0.29, 0.717) is 30.4 Å². The highest BCUT2D eigenvalue weighted by Crippen LogP contribution is 2.29. The minimum Gasteiger partial charge on any atom is -0.353 e. The van der Waals surface area contributed by atoms with E-state index in [1.54, 1.807) is 12.1 Å². The quantitative estimate of drug-likeness (QED) is 0.820. The van der Waals surface area contributed by atoms with E-state index in [0.717, 1.165) is 10.9 Å². The molecule has 1 aromatic rings. The number of carbonyl (C=O) groups is 2. The van der Waals surface area contributed by atoms with Crippen molar-refractivity contribution in [2.75, 3.05) is 6.54 Å². The lowest BCUT2D eigenvalue weighted by Crippen LogP contribution is -2.44. The van der Waals surface area contributed by atoms with Gasteiger partial charge in [0, 0.05) is 29.0 Å². The number of amides is 2. The highest BCUT2D eigenvalue weighted by molar-refractivity contribution is 9.10. The van der Waals surface area contributed by atoms with Crippen molar-refractivity contribution in [1.82, 2.24) is 10.6 Å². The van der Waals surface area contributed by atoms with Crippen LogP contribution in [-0.2, 0) is 4.79 Å². The summed E-state index contributed by atoms with van der Waals surface area (Å²) in [5.74, 6) is 1.05. The summed E-state index contributed by atoms with van der Waals surface area (Å²) in [5, 5.41) is 5.92. The zero-order valence-electron chi connectivity index (χ0n) is 13.8. The molecule has 0 aliphatic heterocycles. The van der Waals surface area contributed by atoms with Crippen molar-refractivity contribution < 1.29 is 9.59 Å². The Kier molecular flexibility index (Phi) is 6.63. The topological polar surface area (TPSA) is 58.2 Å². The van der Waals surface area contributed by atoms with Crippen molar-refractivity contribution in [3.8, 4) is 0 Å². The van der Waals surface area contributed by atoms with E-state index in [2.05, 4.69) is 40.4 Å². The summed E-state index contributed by atoms with van der Waals surface area (Å²) in [6.45, 7) is 4.82. The van der Waals surface area contributed by atoms with Gasteiger partial charge in [0.25, 0.3) is 5.91 Å². The Morgan fingerprint density at radius 3 is 2.57 bits per heavy atom. The standard InChI is InChI=1S/C18H25BrN2O2/c1-12-4-3-5-16(13(12)2)21-17(22)10-11-20-18(23)14-6-8-15(19)9-7-14/h6-9,12-13,16H,3-5,10-11H2,1-2H3,(H,20,23)(H,21,22)/t12-,13-,16-/m1/s1. The van der Waals surface area contributed by atoms with Crippen LogP contribution in [-0.4, -0.2) is 24.4 Å². The Labute approximate surface area is 146 Å². The fraction of sp³-hybridized carbons (Fsp3) is 0.556. The number of hydrogen-bond acceptors (Lipinski definition) is 2. The van der Waals surface area contributed by atoms with Gasteiger partial charge in [0.15, 0.2) is 0 Å². The SMILES string of the molecule is C[C@@H]1[C@H](C)CCC[C@H]1NC(=O)CCNC(=O)c1ccc(Br)cc1. The molecule has 4 nitrogen and oxygen atoms in total. The van der Waals surface area contributed by atoms with Gasteiger partial charge in [-0.25, -0.2) is 0 Å². The summed E-state index contributed by atoms with van der Waals surface area (Å²) in [6, 6.07) is 7.43. The first-order valence-electron chi connectivity index (χ1n) is 8.30. The summed E-state index contributed by atoms with van der Waals surface area (Å²) in [7, 11) is 0. The van der Waals surface area contributed by atoms with Crippen LogP contribution < -0.4 is 10.6 Å². The molecule has 5 heteroatoms. The largest absolute Gasteiger partial charge is 0.353 e. The highest BCUT2D eigenvalue weighted by atomic mass is 79.9. The summed E-state index contributed by atoms with van der Waals surface area (Å²) in [6.07, 6.45) is 3.80. The van der Waals surface area contributed by atoms with Gasteiger partial charge in [-0.2, -0.15) is 0 Å². The molecule has 126 valence electrons. The minimum atomic E-state index is -0.148. The van der Waals surface area contributed by atoms with Gasteiger partial charge in [-0.15, -0.1) is 0 Å². The van der Waals surface area contributed by atoms with Crippen molar-refractivity contribution in [2.45, 2.75) is 45.6 Å². The van der Waals surface area contributed by atoms with Crippen LogP contribution in [0.25, 0.3) is 0 Å². The maximum absolute atomic E-state index is 12.1. The maximum Gasteiger partial charge on any atom is 0.251 e. The van der Waals surface area contributed by atoms with Crippen LogP contribution in [0, 0.1) is 11.8 Å². The normalized spacial score (nSPS) is 24.0. The van der Waals surface area contributed by atoms with Crippen LogP contribution in [0.3, 0.4) is 0 Å². The van der Waals surface area contributed by atoms with Gasteiger partial charge in [-0.05, 0) is 42.5 Å². The zero-order valence-corrected chi connectivity index (χ0v) is 15.4. The summed E-state index contributed by atoms with van der Waals surface area (Å²) < 4.78 is 0.934. The Hall–Kier alpha value is -1.36. The molecule has 1 fully saturated rings. The van der Waals surface area contributed by atoms with E-state index in [1.165, 1.54) is 12.8 Å². The van der Waals surface area contributed by atoms with E-state index in [1.807, 2.05) is 12.1 Å². The smallest absolute Gasteiger partial charge is 0.251 e. The molecule has 0 saturated heterocycles. The third-order valence-corrected chi connectivity index (χ3v) is 5.33. The third-order valence-electron chi connectivity index (χ3n) is 4.80.